The van der Waals surface area contributed by atoms with Gasteiger partial charge in [0.25, 0.3) is 10.1 Å². The van der Waals surface area contributed by atoms with E-state index in [0.717, 1.165) is 35.2 Å². The first kappa shape index (κ1) is 27.7. The zero-order chi connectivity index (χ0) is 26.5. The maximum Gasteiger partial charge on any atom is 0.264 e. The molecule has 4 rings (SSSR count). The van der Waals surface area contributed by atoms with E-state index in [9.17, 15) is 13.5 Å². The van der Waals surface area contributed by atoms with Crippen LogP contribution < -0.4 is 18.9 Å². The van der Waals surface area contributed by atoms with Crippen molar-refractivity contribution in [3.05, 3.63) is 41.1 Å². The van der Waals surface area contributed by atoms with Gasteiger partial charge in [-0.1, -0.05) is 0 Å². The van der Waals surface area contributed by atoms with Crippen LogP contribution in [0.5, 0.6) is 23.1 Å². The Kier molecular flexibility index (Phi) is 9.15. The molecular formula is C25H34N2O8S. The van der Waals surface area contributed by atoms with Gasteiger partial charge in [-0.2, -0.15) is 8.42 Å². The standard InChI is InChI=1S/C23H28N2O5.C2H6O3S/c1-5-30-21-9-14-15-8-13(26)6-7-18(15)25-23(16(14)10-20(21)28-3)17-12-24-22(29-4)11-19(17)27-2;1-2-6(3,4)5/h9-13,15,18,26H,5-8H2,1-4H3;2H2,1H3,(H,3,4,5)/t13-,15-,18-;/m1./s1. The summed E-state index contributed by atoms with van der Waals surface area (Å²) in [6.45, 7) is 3.87. The topological polar surface area (TPSA) is 137 Å². The number of methoxy groups -OCH3 is 3. The van der Waals surface area contributed by atoms with Crippen LogP contribution in [0.15, 0.2) is 29.4 Å². The van der Waals surface area contributed by atoms with E-state index in [1.54, 1.807) is 33.6 Å². The van der Waals surface area contributed by atoms with Crippen molar-refractivity contribution in [1.82, 2.24) is 4.98 Å². The Morgan fingerprint density at radius 3 is 2.25 bits per heavy atom. The van der Waals surface area contributed by atoms with E-state index in [2.05, 4.69) is 4.98 Å². The Bertz CT molecular complexity index is 1200. The molecule has 1 aromatic carbocycles. The van der Waals surface area contributed by atoms with E-state index in [1.807, 2.05) is 19.1 Å². The van der Waals surface area contributed by atoms with Gasteiger partial charge >= 0.3 is 0 Å². The molecule has 11 heteroatoms. The Balaban J connectivity index is 0.000000538. The van der Waals surface area contributed by atoms with Crippen LogP contribution in [0, 0.1) is 0 Å². The zero-order valence-corrected chi connectivity index (χ0v) is 22.0. The van der Waals surface area contributed by atoms with Crippen molar-refractivity contribution < 1.29 is 37.0 Å². The lowest BCUT2D eigenvalue weighted by molar-refractivity contribution is 0.111. The Morgan fingerprint density at radius 1 is 0.972 bits per heavy atom. The first-order chi connectivity index (χ1) is 17.1. The summed E-state index contributed by atoms with van der Waals surface area (Å²) >= 11 is 0. The fourth-order valence-electron chi connectivity index (χ4n) is 4.46. The summed E-state index contributed by atoms with van der Waals surface area (Å²) in [5.74, 6) is 2.42. The molecular weight excluding hydrogens is 488 g/mol. The number of pyridine rings is 1. The van der Waals surface area contributed by atoms with Gasteiger partial charge in [0, 0.05) is 23.7 Å². The predicted molar refractivity (Wildman–Crippen MR) is 136 cm³/mol. The highest BCUT2D eigenvalue weighted by molar-refractivity contribution is 7.85. The fourth-order valence-corrected chi connectivity index (χ4v) is 4.46. The molecule has 0 saturated heterocycles. The zero-order valence-electron chi connectivity index (χ0n) is 21.2. The Labute approximate surface area is 212 Å². The first-order valence-corrected chi connectivity index (χ1v) is 13.4. The molecule has 0 bridgehead atoms. The summed E-state index contributed by atoms with van der Waals surface area (Å²) in [5.41, 5.74) is 3.69. The summed E-state index contributed by atoms with van der Waals surface area (Å²) < 4.78 is 49.2. The normalized spacial score (nSPS) is 20.6. The molecule has 198 valence electrons. The number of aliphatic hydroxyl groups excluding tert-OH is 1. The third kappa shape index (κ3) is 6.26. The maximum atomic E-state index is 10.3. The van der Waals surface area contributed by atoms with Crippen LogP contribution in [0.4, 0.5) is 0 Å². The Morgan fingerprint density at radius 2 is 1.67 bits per heavy atom. The number of ether oxygens (including phenoxy) is 4. The van der Waals surface area contributed by atoms with Crippen molar-refractivity contribution in [1.29, 1.82) is 0 Å². The summed E-state index contributed by atoms with van der Waals surface area (Å²) in [7, 11) is 1.17. The van der Waals surface area contributed by atoms with Crippen molar-refractivity contribution in [3.8, 4) is 23.1 Å². The monoisotopic (exact) mass is 522 g/mol. The van der Waals surface area contributed by atoms with Gasteiger partial charge < -0.3 is 24.1 Å². The number of benzene rings is 1. The Hall–Kier alpha value is -2.89. The highest BCUT2D eigenvalue weighted by Crippen LogP contribution is 2.45. The van der Waals surface area contributed by atoms with Gasteiger partial charge in [-0.05, 0) is 50.8 Å². The number of nitrogens with zero attached hydrogens (tertiary/aromatic N) is 2. The molecule has 2 N–H and O–H groups in total. The molecule has 0 amide bonds. The average Bonchev–Trinajstić information content (AvgIpc) is 2.87. The molecule has 10 nitrogen and oxygen atoms in total. The smallest absolute Gasteiger partial charge is 0.264 e. The second-order valence-electron chi connectivity index (χ2n) is 8.44. The van der Waals surface area contributed by atoms with Gasteiger partial charge in [0.15, 0.2) is 11.5 Å². The lowest BCUT2D eigenvalue weighted by Crippen LogP contribution is -2.34. The quantitative estimate of drug-likeness (QED) is 0.525. The van der Waals surface area contributed by atoms with Crippen LogP contribution >= 0.6 is 0 Å². The first-order valence-electron chi connectivity index (χ1n) is 11.8. The van der Waals surface area contributed by atoms with Gasteiger partial charge in [0.2, 0.25) is 5.88 Å². The van der Waals surface area contributed by atoms with E-state index < -0.39 is 10.1 Å². The number of rotatable bonds is 7. The highest BCUT2D eigenvalue weighted by Gasteiger charge is 2.38. The van der Waals surface area contributed by atoms with Crippen LogP contribution in [0.25, 0.3) is 0 Å². The van der Waals surface area contributed by atoms with Crippen LogP contribution in [0.3, 0.4) is 0 Å². The molecule has 2 heterocycles. The molecule has 2 aliphatic rings. The summed E-state index contributed by atoms with van der Waals surface area (Å²) in [4.78, 5) is 9.49. The number of fused-ring (bicyclic) bond motifs is 3. The molecule has 1 saturated carbocycles. The van der Waals surface area contributed by atoms with Gasteiger partial charge in [-0.25, -0.2) is 4.98 Å². The van der Waals surface area contributed by atoms with Crippen molar-refractivity contribution in [3.63, 3.8) is 0 Å². The molecule has 1 aliphatic heterocycles. The van der Waals surface area contributed by atoms with Crippen molar-refractivity contribution >= 4 is 15.8 Å². The molecule has 1 fully saturated rings. The van der Waals surface area contributed by atoms with E-state index in [0.29, 0.717) is 36.2 Å². The van der Waals surface area contributed by atoms with Crippen molar-refractivity contribution in [2.45, 2.75) is 51.2 Å². The van der Waals surface area contributed by atoms with Crippen LogP contribution in [-0.4, -0.2) is 74.6 Å². The van der Waals surface area contributed by atoms with Crippen LogP contribution in [-0.2, 0) is 10.1 Å². The number of aromatic nitrogens is 1. The molecule has 2 aromatic rings. The van der Waals surface area contributed by atoms with Gasteiger partial charge in [-0.15, -0.1) is 0 Å². The molecule has 36 heavy (non-hydrogen) atoms. The number of aliphatic hydroxyl groups is 1. The number of aliphatic imine (C=N–C) groups is 1. The second kappa shape index (κ2) is 11.9. The minimum atomic E-state index is -3.66. The molecule has 0 unspecified atom stereocenters. The maximum absolute atomic E-state index is 10.3. The van der Waals surface area contributed by atoms with Crippen LogP contribution in [0.2, 0.25) is 0 Å². The van der Waals surface area contributed by atoms with E-state index in [-0.39, 0.29) is 23.8 Å². The second-order valence-corrected chi connectivity index (χ2v) is 10.2. The third-order valence-electron chi connectivity index (χ3n) is 6.26. The average molecular weight is 523 g/mol. The molecule has 0 radical (unpaired) electrons. The van der Waals surface area contributed by atoms with E-state index in [4.69, 9.17) is 28.5 Å². The molecule has 1 aromatic heterocycles. The summed E-state index contributed by atoms with van der Waals surface area (Å²) in [6, 6.07) is 5.87. The van der Waals surface area contributed by atoms with Gasteiger partial charge in [0.1, 0.15) is 5.75 Å². The predicted octanol–water partition coefficient (Wildman–Crippen LogP) is 3.25. The fraction of sp³-hybridized carbons (Fsp3) is 0.520. The van der Waals surface area contributed by atoms with Crippen LogP contribution in [0.1, 0.15) is 55.7 Å². The summed E-state index contributed by atoms with van der Waals surface area (Å²) in [5, 5.41) is 10.3. The molecule has 0 spiro atoms. The lowest BCUT2D eigenvalue weighted by atomic mass is 9.74. The highest BCUT2D eigenvalue weighted by atomic mass is 32.2. The number of hydrogen-bond donors (Lipinski definition) is 2. The minimum absolute atomic E-state index is 0.0885. The van der Waals surface area contributed by atoms with Crippen molar-refractivity contribution in [2.24, 2.45) is 4.99 Å². The number of hydrogen-bond acceptors (Lipinski definition) is 9. The SMILES string of the molecule is CCOc1cc2c(cc1OC)C(c1cnc(OC)cc1OC)=N[C@@H]1CC[C@@H](O)C[C@H]21.CCS(=O)(=O)O. The lowest BCUT2D eigenvalue weighted by Gasteiger charge is -2.37. The molecule has 3 atom stereocenters. The van der Waals surface area contributed by atoms with Gasteiger partial charge in [-0.3, -0.25) is 9.55 Å². The van der Waals surface area contributed by atoms with E-state index >= 15 is 0 Å². The largest absolute Gasteiger partial charge is 0.496 e. The molecule has 1 aliphatic carbocycles. The minimum Gasteiger partial charge on any atom is -0.496 e. The van der Waals surface area contributed by atoms with Gasteiger partial charge in [0.05, 0.1) is 57.1 Å². The third-order valence-corrected chi connectivity index (χ3v) is 6.99. The van der Waals surface area contributed by atoms with Crippen molar-refractivity contribution in [2.75, 3.05) is 33.7 Å². The summed E-state index contributed by atoms with van der Waals surface area (Å²) in [6.07, 6.45) is 3.69. The van der Waals surface area contributed by atoms with E-state index in [1.165, 1.54) is 6.92 Å².